The van der Waals surface area contributed by atoms with Gasteiger partial charge in [-0.15, -0.1) is 0 Å². The minimum Gasteiger partial charge on any atom is -0.457 e. The molecule has 0 amide bonds. The van der Waals surface area contributed by atoms with E-state index < -0.39 is 39.2 Å². The molecule has 2 N–H and O–H groups in total. The number of allylic oxidation sites excluding steroid dienone is 2. The highest BCUT2D eigenvalue weighted by molar-refractivity contribution is 7.47. The lowest BCUT2D eigenvalue weighted by Gasteiger charge is -2.29. The van der Waals surface area contributed by atoms with Gasteiger partial charge in [0.05, 0.1) is 34.4 Å². The van der Waals surface area contributed by atoms with Crippen LogP contribution in [0.5, 0.6) is 0 Å². The van der Waals surface area contributed by atoms with Crippen LogP contribution in [0, 0.1) is 0 Å². The van der Waals surface area contributed by atoms with Gasteiger partial charge in [0.15, 0.2) is 11.9 Å². The summed E-state index contributed by atoms with van der Waals surface area (Å²) in [7, 11) is 0.994. The van der Waals surface area contributed by atoms with Gasteiger partial charge in [-0.3, -0.25) is 18.6 Å². The van der Waals surface area contributed by atoms with E-state index in [0.29, 0.717) is 17.3 Å². The van der Waals surface area contributed by atoms with Crippen molar-refractivity contribution in [3.05, 3.63) is 12.2 Å². The average Bonchev–Trinajstić information content (AvgIpc) is 3.12. The normalized spacial score (nSPS) is 14.4. The molecular weight excluding hydrogens is 701 g/mol. The molecule has 0 saturated carbocycles. The molecule has 0 aliphatic carbocycles. The first-order valence-electron chi connectivity index (χ1n) is 22.4. The Balaban J connectivity index is 4.26. The number of phosphoric ester groups is 1. The molecule has 3 atom stereocenters. The number of unbranched alkanes of at least 4 members (excludes halogenated alkanes) is 25. The molecule has 0 saturated heterocycles. The van der Waals surface area contributed by atoms with Crippen LogP contribution < -0.4 is 0 Å². The van der Waals surface area contributed by atoms with Gasteiger partial charge in [0.25, 0.3) is 0 Å². The molecule has 0 aliphatic rings. The van der Waals surface area contributed by atoms with Crippen molar-refractivity contribution >= 4 is 19.6 Å². The van der Waals surface area contributed by atoms with E-state index >= 15 is 0 Å². The summed E-state index contributed by atoms with van der Waals surface area (Å²) in [4.78, 5) is 36.0. The highest BCUT2D eigenvalue weighted by Crippen LogP contribution is 2.45. The topological polar surface area (TPSA) is 119 Å². The molecule has 0 aromatic rings. The summed E-state index contributed by atoms with van der Waals surface area (Å²) in [6.45, 7) is 3.65. The predicted molar refractivity (Wildman–Crippen MR) is 225 cm³/mol. The number of carbonyl (C=O) groups excluding carboxylic acids is 2. The van der Waals surface area contributed by atoms with Gasteiger partial charge in [-0.25, -0.2) is 4.57 Å². The van der Waals surface area contributed by atoms with E-state index in [0.717, 1.165) is 51.4 Å². The summed E-state index contributed by atoms with van der Waals surface area (Å²) >= 11 is 0. The standard InChI is InChI=1S/C44H86NO8P/c1-6-8-10-12-14-16-18-20-22-24-26-28-30-32-34-36-42(47)43(38-45(3,4)5)53-54(49,50)51-40-41(39-46)52-44(48)37-35-33-31-29-27-25-23-21-19-17-15-13-11-9-7-2/h21,23,41,43,46H,6-20,22,24-40H2,1-5H3/p+1/b23-21-/t41-,43?/m1/s1. The van der Waals surface area contributed by atoms with E-state index in [9.17, 15) is 24.2 Å². The summed E-state index contributed by atoms with van der Waals surface area (Å²) in [5.41, 5.74) is 0. The van der Waals surface area contributed by atoms with Crippen LogP contribution in [0.2, 0.25) is 0 Å². The lowest BCUT2D eigenvalue weighted by Crippen LogP contribution is -2.45. The minimum atomic E-state index is -4.67. The third-order valence-corrected chi connectivity index (χ3v) is 10.9. The van der Waals surface area contributed by atoms with E-state index in [2.05, 4.69) is 26.0 Å². The summed E-state index contributed by atoms with van der Waals surface area (Å²) < 4.78 is 29.1. The number of aliphatic hydroxyl groups excluding tert-OH is 1. The van der Waals surface area contributed by atoms with Crippen LogP contribution in [0.3, 0.4) is 0 Å². The number of quaternary nitrogens is 1. The molecule has 0 radical (unpaired) electrons. The molecule has 2 unspecified atom stereocenters. The number of esters is 1. The van der Waals surface area contributed by atoms with Crippen molar-refractivity contribution in [3.63, 3.8) is 0 Å². The zero-order valence-electron chi connectivity index (χ0n) is 35.9. The quantitative estimate of drug-likeness (QED) is 0.0207. The third kappa shape index (κ3) is 36.5. The van der Waals surface area contributed by atoms with Gasteiger partial charge in [-0.05, 0) is 38.5 Å². The van der Waals surface area contributed by atoms with E-state index in [4.69, 9.17) is 13.8 Å². The van der Waals surface area contributed by atoms with Gasteiger partial charge >= 0.3 is 13.8 Å². The van der Waals surface area contributed by atoms with Crippen LogP contribution in [-0.4, -0.2) is 79.3 Å². The molecule has 54 heavy (non-hydrogen) atoms. The lowest BCUT2D eigenvalue weighted by atomic mass is 10.0. The number of hydrogen-bond donors (Lipinski definition) is 2. The molecule has 0 aromatic heterocycles. The van der Waals surface area contributed by atoms with Crippen molar-refractivity contribution < 1.29 is 42.4 Å². The maximum atomic E-state index is 13.1. The number of hydrogen-bond acceptors (Lipinski definition) is 7. The Morgan fingerprint density at radius 3 is 1.41 bits per heavy atom. The number of Topliss-reactive ketones (excluding diaryl/α,β-unsaturated/α-hetero) is 1. The van der Waals surface area contributed by atoms with E-state index in [1.807, 2.05) is 21.1 Å². The average molecular weight is 789 g/mol. The Bertz CT molecular complexity index is 953. The molecule has 0 bridgehead atoms. The molecule has 9 nitrogen and oxygen atoms in total. The van der Waals surface area contributed by atoms with Gasteiger partial charge in [-0.1, -0.05) is 167 Å². The second kappa shape index (κ2) is 36.3. The first-order valence-corrected chi connectivity index (χ1v) is 23.9. The molecule has 0 aromatic carbocycles. The maximum Gasteiger partial charge on any atom is 0.473 e. The van der Waals surface area contributed by atoms with Crippen LogP contribution in [0.25, 0.3) is 0 Å². The van der Waals surface area contributed by atoms with Gasteiger partial charge in [0, 0.05) is 12.8 Å². The van der Waals surface area contributed by atoms with Gasteiger partial charge in [0.2, 0.25) is 0 Å². The third-order valence-electron chi connectivity index (χ3n) is 9.93. The SMILES string of the molecule is CCCCCCCC/C=C\CCCCCCCC(=O)O[C@H](CO)COP(=O)(O)OC(C[N+](C)(C)C)C(=O)CCCCCCCCCCCCCCCCC. The zero-order valence-corrected chi connectivity index (χ0v) is 36.8. The van der Waals surface area contributed by atoms with Crippen LogP contribution >= 0.6 is 7.82 Å². The highest BCUT2D eigenvalue weighted by Gasteiger charge is 2.35. The minimum absolute atomic E-state index is 0.208. The van der Waals surface area contributed by atoms with E-state index in [1.165, 1.54) is 116 Å². The summed E-state index contributed by atoms with van der Waals surface area (Å²) in [5, 5.41) is 9.73. The first kappa shape index (κ1) is 52.9. The number of phosphoric acid groups is 1. The fourth-order valence-electron chi connectivity index (χ4n) is 6.60. The highest BCUT2D eigenvalue weighted by atomic mass is 31.2. The van der Waals surface area contributed by atoms with Gasteiger partial charge in [0.1, 0.15) is 12.6 Å². The van der Waals surface area contributed by atoms with Crippen molar-refractivity contribution in [2.45, 2.75) is 219 Å². The van der Waals surface area contributed by atoms with E-state index in [-0.39, 0.29) is 25.2 Å². The van der Waals surface area contributed by atoms with Crippen molar-refractivity contribution in [3.8, 4) is 0 Å². The molecule has 0 rings (SSSR count). The molecule has 0 aliphatic heterocycles. The summed E-state index contributed by atoms with van der Waals surface area (Å²) in [6.07, 6.45) is 36.6. The van der Waals surface area contributed by atoms with Crippen molar-refractivity contribution in [2.24, 2.45) is 0 Å². The Hall–Kier alpha value is -1.09. The lowest BCUT2D eigenvalue weighted by molar-refractivity contribution is -0.872. The fourth-order valence-corrected chi connectivity index (χ4v) is 7.52. The van der Waals surface area contributed by atoms with Gasteiger partial charge in [-0.2, -0.15) is 0 Å². The van der Waals surface area contributed by atoms with Crippen molar-refractivity contribution in [1.29, 1.82) is 0 Å². The predicted octanol–water partition coefficient (Wildman–Crippen LogP) is 12.0. The molecule has 0 heterocycles. The Morgan fingerprint density at radius 1 is 0.611 bits per heavy atom. The number of carbonyl (C=O) groups is 2. The second-order valence-corrected chi connectivity index (χ2v) is 18.0. The molecule has 0 fully saturated rings. The summed E-state index contributed by atoms with van der Waals surface area (Å²) in [6, 6.07) is 0. The second-order valence-electron chi connectivity index (χ2n) is 16.6. The Labute approximate surface area is 333 Å². The largest absolute Gasteiger partial charge is 0.473 e. The van der Waals surface area contributed by atoms with Crippen molar-refractivity contribution in [1.82, 2.24) is 0 Å². The van der Waals surface area contributed by atoms with E-state index in [1.54, 1.807) is 0 Å². The number of ketones is 1. The fraction of sp³-hybridized carbons (Fsp3) is 0.909. The smallest absolute Gasteiger partial charge is 0.457 e. The number of likely N-dealkylation sites (N-methyl/N-ethyl adjacent to an activating group) is 1. The van der Waals surface area contributed by atoms with Crippen LogP contribution in [0.4, 0.5) is 0 Å². The van der Waals surface area contributed by atoms with Gasteiger partial charge < -0.3 is 19.2 Å². The van der Waals surface area contributed by atoms with Crippen molar-refractivity contribution in [2.75, 3.05) is 40.9 Å². The number of aliphatic hydroxyl groups is 1. The zero-order chi connectivity index (χ0) is 40.2. The Kier molecular flexibility index (Phi) is 35.5. The molecule has 10 heteroatoms. The number of rotatable bonds is 41. The summed E-state index contributed by atoms with van der Waals surface area (Å²) in [5.74, 6) is -0.703. The molecular formula is C44H87NO8P+. The monoisotopic (exact) mass is 789 g/mol. The van der Waals surface area contributed by atoms with Crippen LogP contribution in [-0.2, 0) is 27.9 Å². The molecule has 0 spiro atoms. The maximum absolute atomic E-state index is 13.1. The Morgan fingerprint density at radius 2 is 1.00 bits per heavy atom. The number of nitrogens with zero attached hydrogens (tertiary/aromatic N) is 1. The van der Waals surface area contributed by atoms with Crippen LogP contribution in [0.1, 0.15) is 206 Å². The number of ether oxygens (including phenoxy) is 1. The first-order chi connectivity index (χ1) is 25.9. The van der Waals surface area contributed by atoms with Crippen LogP contribution in [0.15, 0.2) is 12.2 Å². The molecule has 320 valence electrons.